The minimum absolute atomic E-state index is 0.751. The molecule has 0 aromatic carbocycles. The highest BCUT2D eigenvalue weighted by atomic mass is 15.2. The monoisotopic (exact) mass is 247 g/mol. The first kappa shape index (κ1) is 13.3. The fourth-order valence-corrected chi connectivity index (χ4v) is 2.96. The average Bonchev–Trinajstić information content (AvgIpc) is 2.69. The number of aryl methyl sites for hydroxylation is 1. The van der Waals surface area contributed by atoms with Crippen LogP contribution in [0.2, 0.25) is 0 Å². The first-order valence-corrected chi connectivity index (χ1v) is 7.00. The van der Waals surface area contributed by atoms with Crippen LogP contribution < -0.4 is 5.32 Å². The molecule has 3 heteroatoms. The summed E-state index contributed by atoms with van der Waals surface area (Å²) < 4.78 is 1.87. The van der Waals surface area contributed by atoms with E-state index in [9.17, 15) is 0 Å². The summed E-state index contributed by atoms with van der Waals surface area (Å²) in [5.74, 6) is 1.56. The molecule has 0 bridgehead atoms. The van der Waals surface area contributed by atoms with Gasteiger partial charge in [-0.2, -0.15) is 5.10 Å². The predicted molar refractivity (Wildman–Crippen MR) is 75.4 cm³/mol. The Morgan fingerprint density at radius 3 is 3.00 bits per heavy atom. The Hall–Kier alpha value is -1.09. The molecule has 1 aromatic heterocycles. The van der Waals surface area contributed by atoms with Gasteiger partial charge in [0.2, 0.25) is 0 Å². The lowest BCUT2D eigenvalue weighted by Crippen LogP contribution is -2.27. The summed E-state index contributed by atoms with van der Waals surface area (Å²) in [6.45, 7) is 6.76. The van der Waals surface area contributed by atoms with Crippen molar-refractivity contribution < 1.29 is 0 Å². The zero-order valence-corrected chi connectivity index (χ0v) is 11.8. The van der Waals surface area contributed by atoms with Gasteiger partial charge in [-0.05, 0) is 44.2 Å². The molecule has 2 atom stereocenters. The van der Waals surface area contributed by atoms with E-state index >= 15 is 0 Å². The van der Waals surface area contributed by atoms with E-state index in [1.807, 2.05) is 17.9 Å². The van der Waals surface area contributed by atoms with Gasteiger partial charge < -0.3 is 5.32 Å². The van der Waals surface area contributed by atoms with E-state index in [4.69, 9.17) is 0 Å². The minimum atomic E-state index is 0.751. The molecule has 0 fully saturated rings. The largest absolute Gasteiger partial charge is 0.316 e. The van der Waals surface area contributed by atoms with Crippen molar-refractivity contribution in [1.29, 1.82) is 0 Å². The van der Waals surface area contributed by atoms with E-state index in [-0.39, 0.29) is 0 Å². The van der Waals surface area contributed by atoms with Crippen LogP contribution in [0.15, 0.2) is 23.9 Å². The van der Waals surface area contributed by atoms with Crippen molar-refractivity contribution in [3.63, 3.8) is 0 Å². The molecule has 0 aliphatic heterocycles. The number of allylic oxidation sites excluding steroid dienone is 2. The number of nitrogens with one attached hydrogen (secondary N) is 1. The Labute approximate surface area is 110 Å². The van der Waals surface area contributed by atoms with Crippen molar-refractivity contribution >= 4 is 0 Å². The molecule has 0 amide bonds. The van der Waals surface area contributed by atoms with Gasteiger partial charge in [-0.1, -0.05) is 18.6 Å². The maximum Gasteiger partial charge on any atom is 0.0637 e. The van der Waals surface area contributed by atoms with Gasteiger partial charge in [0, 0.05) is 26.2 Å². The topological polar surface area (TPSA) is 29.9 Å². The molecule has 18 heavy (non-hydrogen) atoms. The lowest BCUT2D eigenvalue weighted by Gasteiger charge is -2.25. The normalized spacial score (nSPS) is 24.1. The van der Waals surface area contributed by atoms with Crippen LogP contribution in [0.1, 0.15) is 32.4 Å². The van der Waals surface area contributed by atoms with Crippen molar-refractivity contribution in [3.8, 4) is 0 Å². The van der Waals surface area contributed by atoms with Gasteiger partial charge >= 0.3 is 0 Å². The van der Waals surface area contributed by atoms with Gasteiger partial charge in [-0.25, -0.2) is 0 Å². The molecule has 1 N–H and O–H groups in total. The van der Waals surface area contributed by atoms with Crippen molar-refractivity contribution in [2.45, 2.75) is 33.1 Å². The van der Waals surface area contributed by atoms with Crippen molar-refractivity contribution in [3.05, 3.63) is 29.6 Å². The molecule has 1 aromatic rings. The Kier molecular flexibility index (Phi) is 4.59. The highest BCUT2D eigenvalue weighted by Crippen LogP contribution is 2.27. The van der Waals surface area contributed by atoms with Crippen LogP contribution in [0, 0.1) is 11.8 Å². The van der Waals surface area contributed by atoms with Crippen molar-refractivity contribution in [2.75, 3.05) is 13.1 Å². The first-order valence-electron chi connectivity index (χ1n) is 7.00. The molecule has 2 rings (SSSR count). The van der Waals surface area contributed by atoms with Crippen LogP contribution in [0.4, 0.5) is 0 Å². The molecular weight excluding hydrogens is 222 g/mol. The minimum Gasteiger partial charge on any atom is -0.316 e. The van der Waals surface area contributed by atoms with Crippen LogP contribution in [0.25, 0.3) is 0 Å². The summed E-state index contributed by atoms with van der Waals surface area (Å²) in [6.07, 6.45) is 8.05. The second kappa shape index (κ2) is 6.19. The second-order valence-corrected chi connectivity index (χ2v) is 5.73. The van der Waals surface area contributed by atoms with Crippen LogP contribution in [-0.4, -0.2) is 22.9 Å². The van der Waals surface area contributed by atoms with E-state index in [1.165, 1.54) is 18.5 Å². The first-order chi connectivity index (χ1) is 8.63. The van der Waals surface area contributed by atoms with Gasteiger partial charge in [0.15, 0.2) is 0 Å². The van der Waals surface area contributed by atoms with Crippen LogP contribution in [-0.2, 0) is 13.5 Å². The van der Waals surface area contributed by atoms with E-state index < -0.39 is 0 Å². The fraction of sp³-hybridized carbons (Fsp3) is 0.667. The predicted octanol–water partition coefficient (Wildman–Crippen LogP) is 2.54. The molecule has 0 saturated heterocycles. The quantitative estimate of drug-likeness (QED) is 0.640. The molecule has 2 unspecified atom stereocenters. The van der Waals surface area contributed by atoms with E-state index in [0.29, 0.717) is 0 Å². The van der Waals surface area contributed by atoms with Crippen molar-refractivity contribution in [1.82, 2.24) is 15.1 Å². The van der Waals surface area contributed by atoms with Gasteiger partial charge in [-0.3, -0.25) is 4.68 Å². The third-order valence-electron chi connectivity index (χ3n) is 3.64. The molecule has 0 saturated carbocycles. The van der Waals surface area contributed by atoms with Crippen LogP contribution in [0.5, 0.6) is 0 Å². The average molecular weight is 247 g/mol. The summed E-state index contributed by atoms with van der Waals surface area (Å²) >= 11 is 0. The van der Waals surface area contributed by atoms with Gasteiger partial charge in [0.25, 0.3) is 0 Å². The zero-order chi connectivity index (χ0) is 13.0. The Morgan fingerprint density at radius 2 is 2.33 bits per heavy atom. The summed E-state index contributed by atoms with van der Waals surface area (Å²) in [5.41, 5.74) is 2.74. The van der Waals surface area contributed by atoms with E-state index in [2.05, 4.69) is 36.4 Å². The highest BCUT2D eigenvalue weighted by molar-refractivity contribution is 5.06. The number of hydrogen-bond donors (Lipinski definition) is 1. The maximum atomic E-state index is 4.39. The molecular formula is C15H25N3. The fourth-order valence-electron chi connectivity index (χ4n) is 2.96. The van der Waals surface area contributed by atoms with Gasteiger partial charge in [0.05, 0.1) is 5.69 Å². The summed E-state index contributed by atoms with van der Waals surface area (Å²) in [5, 5.41) is 7.96. The lowest BCUT2D eigenvalue weighted by atomic mass is 9.84. The molecule has 1 heterocycles. The Morgan fingerprint density at radius 1 is 1.50 bits per heavy atom. The number of aromatic nitrogens is 2. The smallest absolute Gasteiger partial charge is 0.0637 e. The summed E-state index contributed by atoms with van der Waals surface area (Å²) in [6, 6.07) is 2.09. The third kappa shape index (κ3) is 3.98. The summed E-state index contributed by atoms with van der Waals surface area (Å²) in [7, 11) is 1.97. The Balaban J connectivity index is 1.65. The van der Waals surface area contributed by atoms with Gasteiger partial charge in [0.1, 0.15) is 0 Å². The lowest BCUT2D eigenvalue weighted by molar-refractivity contribution is 0.382. The van der Waals surface area contributed by atoms with Gasteiger partial charge in [-0.15, -0.1) is 0 Å². The molecule has 3 nitrogen and oxygen atoms in total. The second-order valence-electron chi connectivity index (χ2n) is 5.73. The Bertz CT molecular complexity index is 406. The number of rotatable bonds is 5. The third-order valence-corrected chi connectivity index (χ3v) is 3.64. The summed E-state index contributed by atoms with van der Waals surface area (Å²) in [4.78, 5) is 0. The van der Waals surface area contributed by atoms with Crippen molar-refractivity contribution in [2.24, 2.45) is 18.9 Å². The standard InChI is InChI=1S/C15H25N3/c1-12-8-13(2)10-14(9-12)11-16-6-4-15-5-7-18(3)17-15/h5,7-8,12,14,16H,4,6,9-11H2,1-3H3. The zero-order valence-electron chi connectivity index (χ0n) is 11.8. The highest BCUT2D eigenvalue weighted by Gasteiger charge is 2.17. The maximum absolute atomic E-state index is 4.39. The number of nitrogens with zero attached hydrogens (tertiary/aromatic N) is 2. The SMILES string of the molecule is CC1=CC(C)CC(CNCCc2ccn(C)n2)C1. The van der Waals surface area contributed by atoms with Crippen LogP contribution >= 0.6 is 0 Å². The molecule has 1 aliphatic carbocycles. The molecule has 0 spiro atoms. The van der Waals surface area contributed by atoms with E-state index in [0.717, 1.165) is 31.3 Å². The number of hydrogen-bond acceptors (Lipinski definition) is 2. The van der Waals surface area contributed by atoms with Crippen LogP contribution in [0.3, 0.4) is 0 Å². The molecule has 1 aliphatic rings. The molecule has 100 valence electrons. The molecule has 0 radical (unpaired) electrons. The van der Waals surface area contributed by atoms with E-state index in [1.54, 1.807) is 5.57 Å².